The van der Waals surface area contributed by atoms with E-state index >= 15 is 0 Å². The Kier molecular flexibility index (Phi) is 3.00. The number of nitrogens with one attached hydrogen (secondary N) is 1. The number of benzene rings is 1. The van der Waals surface area contributed by atoms with Crippen LogP contribution in [0.3, 0.4) is 0 Å². The monoisotopic (exact) mass is 226 g/mol. The van der Waals surface area contributed by atoms with E-state index in [0.717, 1.165) is 25.1 Å². The number of hydrogen-bond acceptors (Lipinski definition) is 4. The van der Waals surface area contributed by atoms with Gasteiger partial charge < -0.3 is 10.1 Å². The Labute approximate surface area is 91.4 Å². The summed E-state index contributed by atoms with van der Waals surface area (Å²) in [4.78, 5) is 10.1. The molecule has 1 aromatic carbocycles. The van der Waals surface area contributed by atoms with E-state index in [-0.39, 0.29) is 17.5 Å². The summed E-state index contributed by atoms with van der Waals surface area (Å²) in [7, 11) is 0. The normalized spacial score (nSPS) is 19.7. The number of rotatable bonds is 3. The standard InChI is InChI=1S/C10H11FN2O3/c11-7-1-2-10(9(5-7)13(14)15)16-8-3-4-12-6-8/h1-2,5,8,12H,3-4,6H2/t8-/m1/s1. The van der Waals surface area contributed by atoms with Crippen LogP contribution in [0, 0.1) is 15.9 Å². The largest absolute Gasteiger partial charge is 0.482 e. The van der Waals surface area contributed by atoms with Gasteiger partial charge in [-0.2, -0.15) is 0 Å². The predicted molar refractivity (Wildman–Crippen MR) is 55.0 cm³/mol. The molecule has 0 radical (unpaired) electrons. The molecule has 1 heterocycles. The van der Waals surface area contributed by atoms with E-state index < -0.39 is 10.7 Å². The Bertz CT molecular complexity index is 405. The molecule has 0 spiro atoms. The minimum Gasteiger partial charge on any atom is -0.482 e. The predicted octanol–water partition coefficient (Wildman–Crippen LogP) is 1.47. The number of nitro groups is 1. The van der Waals surface area contributed by atoms with Crippen LogP contribution < -0.4 is 10.1 Å². The van der Waals surface area contributed by atoms with Crippen LogP contribution in [0.15, 0.2) is 18.2 Å². The third kappa shape index (κ3) is 2.27. The SMILES string of the molecule is O=[N+]([O-])c1cc(F)ccc1O[C@@H]1CCNC1. The second-order valence-corrected chi connectivity index (χ2v) is 3.60. The first kappa shape index (κ1) is 10.8. The highest BCUT2D eigenvalue weighted by molar-refractivity contribution is 5.46. The van der Waals surface area contributed by atoms with Crippen LogP contribution in [0.5, 0.6) is 5.75 Å². The molecule has 16 heavy (non-hydrogen) atoms. The van der Waals surface area contributed by atoms with Crippen molar-refractivity contribution < 1.29 is 14.1 Å². The highest BCUT2D eigenvalue weighted by Gasteiger charge is 2.22. The van der Waals surface area contributed by atoms with Gasteiger partial charge in [-0.15, -0.1) is 0 Å². The van der Waals surface area contributed by atoms with Crippen LogP contribution >= 0.6 is 0 Å². The number of halogens is 1. The van der Waals surface area contributed by atoms with Crippen LogP contribution in [-0.2, 0) is 0 Å². The molecule has 0 bridgehead atoms. The first-order valence-electron chi connectivity index (χ1n) is 4.98. The van der Waals surface area contributed by atoms with E-state index in [1.165, 1.54) is 6.07 Å². The van der Waals surface area contributed by atoms with E-state index in [9.17, 15) is 14.5 Å². The molecular weight excluding hydrogens is 215 g/mol. The summed E-state index contributed by atoms with van der Waals surface area (Å²) in [6.07, 6.45) is 0.721. The van der Waals surface area contributed by atoms with Crippen molar-refractivity contribution in [3.05, 3.63) is 34.1 Å². The van der Waals surface area contributed by atoms with Gasteiger partial charge in [0.2, 0.25) is 0 Å². The van der Waals surface area contributed by atoms with Crippen molar-refractivity contribution in [2.75, 3.05) is 13.1 Å². The van der Waals surface area contributed by atoms with E-state index in [1.807, 2.05) is 0 Å². The number of hydrogen-bond donors (Lipinski definition) is 1. The van der Waals surface area contributed by atoms with Gasteiger partial charge in [0, 0.05) is 6.54 Å². The summed E-state index contributed by atoms with van der Waals surface area (Å²) in [5.74, 6) is -0.510. The molecule has 1 aliphatic heterocycles. The quantitative estimate of drug-likeness (QED) is 0.626. The second-order valence-electron chi connectivity index (χ2n) is 3.60. The molecule has 6 heteroatoms. The minimum absolute atomic E-state index is 0.0795. The van der Waals surface area contributed by atoms with Crippen LogP contribution in [0.4, 0.5) is 10.1 Å². The molecule has 1 fully saturated rings. The average Bonchev–Trinajstić information content (AvgIpc) is 2.73. The summed E-state index contributed by atoms with van der Waals surface area (Å²) >= 11 is 0. The van der Waals surface area contributed by atoms with Crippen LogP contribution in [0.25, 0.3) is 0 Å². The third-order valence-corrected chi connectivity index (χ3v) is 2.43. The topological polar surface area (TPSA) is 64.4 Å². The van der Waals surface area contributed by atoms with E-state index in [1.54, 1.807) is 0 Å². The second kappa shape index (κ2) is 4.44. The van der Waals surface area contributed by atoms with Gasteiger partial charge in [-0.05, 0) is 25.1 Å². The number of nitro benzene ring substituents is 1. The van der Waals surface area contributed by atoms with Gasteiger partial charge in [-0.25, -0.2) is 4.39 Å². The Morgan fingerprint density at radius 1 is 1.56 bits per heavy atom. The summed E-state index contributed by atoms with van der Waals surface area (Å²) in [5, 5.41) is 13.8. The Balaban J connectivity index is 2.21. The summed E-state index contributed by atoms with van der Waals surface area (Å²) in [6.45, 7) is 1.49. The minimum atomic E-state index is -0.638. The molecule has 1 saturated heterocycles. The van der Waals surface area contributed by atoms with Gasteiger partial charge in [0.05, 0.1) is 11.0 Å². The Morgan fingerprint density at radius 3 is 3.00 bits per heavy atom. The van der Waals surface area contributed by atoms with Crippen molar-refractivity contribution in [2.24, 2.45) is 0 Å². The van der Waals surface area contributed by atoms with Gasteiger partial charge in [0.1, 0.15) is 11.9 Å². The smallest absolute Gasteiger partial charge is 0.313 e. The molecule has 1 atom stereocenters. The Hall–Kier alpha value is -1.69. The van der Waals surface area contributed by atoms with Crippen molar-refractivity contribution in [2.45, 2.75) is 12.5 Å². The first-order valence-corrected chi connectivity index (χ1v) is 4.98. The number of ether oxygens (including phenoxy) is 1. The average molecular weight is 226 g/mol. The van der Waals surface area contributed by atoms with Crippen LogP contribution in [0.1, 0.15) is 6.42 Å². The van der Waals surface area contributed by atoms with E-state index in [0.29, 0.717) is 6.54 Å². The first-order chi connectivity index (χ1) is 7.66. The van der Waals surface area contributed by atoms with Gasteiger partial charge in [0.25, 0.3) is 0 Å². The molecule has 0 unspecified atom stereocenters. The molecule has 1 N–H and O–H groups in total. The molecule has 5 nitrogen and oxygen atoms in total. The molecule has 0 aliphatic carbocycles. The van der Waals surface area contributed by atoms with Crippen molar-refractivity contribution in [1.82, 2.24) is 5.32 Å². The summed E-state index contributed by atoms with van der Waals surface area (Å²) < 4.78 is 18.3. The lowest BCUT2D eigenvalue weighted by atomic mass is 10.2. The molecule has 1 aromatic rings. The maximum Gasteiger partial charge on any atom is 0.313 e. The molecule has 0 aromatic heterocycles. The molecule has 1 aliphatic rings. The Morgan fingerprint density at radius 2 is 2.38 bits per heavy atom. The fourth-order valence-electron chi connectivity index (χ4n) is 1.64. The zero-order chi connectivity index (χ0) is 11.5. The van der Waals surface area contributed by atoms with Crippen LogP contribution in [0.2, 0.25) is 0 Å². The van der Waals surface area contributed by atoms with Gasteiger partial charge in [0.15, 0.2) is 5.75 Å². The molecular formula is C10H11FN2O3. The molecule has 2 rings (SSSR count). The van der Waals surface area contributed by atoms with Gasteiger partial charge in [-0.1, -0.05) is 0 Å². The van der Waals surface area contributed by atoms with Crippen molar-refractivity contribution >= 4 is 5.69 Å². The maximum absolute atomic E-state index is 12.8. The highest BCUT2D eigenvalue weighted by atomic mass is 19.1. The summed E-state index contributed by atoms with van der Waals surface area (Å²) in [5.41, 5.74) is -0.327. The van der Waals surface area contributed by atoms with Gasteiger partial charge >= 0.3 is 5.69 Å². The lowest BCUT2D eigenvalue weighted by molar-refractivity contribution is -0.386. The van der Waals surface area contributed by atoms with E-state index in [2.05, 4.69) is 5.32 Å². The van der Waals surface area contributed by atoms with Crippen molar-refractivity contribution in [3.8, 4) is 5.75 Å². The number of nitrogens with zero attached hydrogens (tertiary/aromatic N) is 1. The lowest BCUT2D eigenvalue weighted by Gasteiger charge is -2.12. The molecule has 86 valence electrons. The van der Waals surface area contributed by atoms with Crippen molar-refractivity contribution in [1.29, 1.82) is 0 Å². The van der Waals surface area contributed by atoms with Gasteiger partial charge in [-0.3, -0.25) is 10.1 Å². The van der Waals surface area contributed by atoms with Crippen LogP contribution in [-0.4, -0.2) is 24.1 Å². The lowest BCUT2D eigenvalue weighted by Crippen LogP contribution is -2.20. The van der Waals surface area contributed by atoms with Crippen molar-refractivity contribution in [3.63, 3.8) is 0 Å². The maximum atomic E-state index is 12.8. The highest BCUT2D eigenvalue weighted by Crippen LogP contribution is 2.29. The van der Waals surface area contributed by atoms with E-state index in [4.69, 9.17) is 4.74 Å². The zero-order valence-corrected chi connectivity index (χ0v) is 8.48. The molecule has 0 saturated carbocycles. The zero-order valence-electron chi connectivity index (χ0n) is 8.48. The fourth-order valence-corrected chi connectivity index (χ4v) is 1.64. The fraction of sp³-hybridized carbons (Fsp3) is 0.400. The summed E-state index contributed by atoms with van der Waals surface area (Å²) in [6, 6.07) is 3.33. The third-order valence-electron chi connectivity index (χ3n) is 2.43. The molecule has 0 amide bonds.